The van der Waals surface area contributed by atoms with Crippen LogP contribution in [-0.4, -0.2) is 59.5 Å². The van der Waals surface area contributed by atoms with Crippen LogP contribution in [0.25, 0.3) is 0 Å². The van der Waals surface area contributed by atoms with E-state index in [1.807, 2.05) is 16.7 Å². The van der Waals surface area contributed by atoms with E-state index >= 15 is 0 Å². The van der Waals surface area contributed by atoms with Crippen LogP contribution in [0.2, 0.25) is 0 Å². The number of carboxylic acids is 1. The predicted octanol–water partition coefficient (Wildman–Crippen LogP) is 0.795. The largest absolute Gasteiger partial charge is 0.481 e. The fraction of sp³-hybridized carbons (Fsp3) is 0.846. The highest BCUT2D eigenvalue weighted by Crippen LogP contribution is 2.33. The number of hydrogen-bond donors (Lipinski definition) is 1. The monoisotopic (exact) mass is 254 g/mol. The normalized spacial score (nSPS) is 28.8. The zero-order valence-corrected chi connectivity index (χ0v) is 11.0. The molecular formula is C13H22N2O3. The second-order valence-electron chi connectivity index (χ2n) is 5.49. The summed E-state index contributed by atoms with van der Waals surface area (Å²) in [4.78, 5) is 27.2. The Morgan fingerprint density at radius 2 is 1.94 bits per heavy atom. The molecule has 0 aromatic heterocycles. The number of carboxylic acid groups (broad SMARTS) is 1. The molecule has 2 aliphatic rings. The van der Waals surface area contributed by atoms with Crippen LogP contribution in [-0.2, 0) is 9.59 Å². The van der Waals surface area contributed by atoms with E-state index in [4.69, 9.17) is 0 Å². The molecule has 5 heteroatoms. The van der Waals surface area contributed by atoms with E-state index in [2.05, 4.69) is 0 Å². The van der Waals surface area contributed by atoms with Gasteiger partial charge in [0.15, 0.2) is 0 Å². The van der Waals surface area contributed by atoms with Crippen molar-refractivity contribution in [3.8, 4) is 0 Å². The number of aliphatic carboxylic acids is 1. The van der Waals surface area contributed by atoms with Crippen LogP contribution in [0.5, 0.6) is 0 Å². The molecule has 5 nitrogen and oxygen atoms in total. The fourth-order valence-corrected chi connectivity index (χ4v) is 2.83. The van der Waals surface area contributed by atoms with Gasteiger partial charge in [-0.2, -0.15) is 0 Å². The molecule has 0 spiro atoms. The maximum atomic E-state index is 11.9. The Morgan fingerprint density at radius 3 is 2.44 bits per heavy atom. The summed E-state index contributed by atoms with van der Waals surface area (Å²) in [7, 11) is 0. The van der Waals surface area contributed by atoms with E-state index in [-0.39, 0.29) is 5.91 Å². The summed E-state index contributed by atoms with van der Waals surface area (Å²) in [6.07, 6.45) is 3.33. The van der Waals surface area contributed by atoms with E-state index in [0.29, 0.717) is 19.5 Å². The van der Waals surface area contributed by atoms with Crippen molar-refractivity contribution in [2.24, 2.45) is 5.41 Å². The number of carbonyl (C=O) groups excluding carboxylic acids is 1. The number of likely N-dealkylation sites (tertiary alicyclic amines) is 2. The Kier molecular flexibility index (Phi) is 3.90. The number of amides is 1. The van der Waals surface area contributed by atoms with Gasteiger partial charge in [0.05, 0.1) is 12.0 Å². The van der Waals surface area contributed by atoms with Crippen LogP contribution in [0.1, 0.15) is 32.6 Å². The molecule has 18 heavy (non-hydrogen) atoms. The molecule has 2 rings (SSSR count). The zero-order chi connectivity index (χ0) is 13.2. The minimum absolute atomic E-state index is 0.151. The Bertz CT molecular complexity index is 341. The highest BCUT2D eigenvalue weighted by atomic mass is 16.4. The first-order valence-electron chi connectivity index (χ1n) is 6.81. The van der Waals surface area contributed by atoms with Gasteiger partial charge in [0.25, 0.3) is 0 Å². The van der Waals surface area contributed by atoms with Gasteiger partial charge in [-0.3, -0.25) is 14.5 Å². The lowest BCUT2D eigenvalue weighted by Crippen LogP contribution is -2.52. The van der Waals surface area contributed by atoms with Crippen molar-refractivity contribution in [3.05, 3.63) is 0 Å². The maximum absolute atomic E-state index is 11.9. The fourth-order valence-electron chi connectivity index (χ4n) is 2.83. The van der Waals surface area contributed by atoms with Crippen LogP contribution in [0.4, 0.5) is 0 Å². The Balaban J connectivity index is 1.93. The first kappa shape index (κ1) is 13.3. The molecule has 102 valence electrons. The van der Waals surface area contributed by atoms with Crippen molar-refractivity contribution < 1.29 is 14.7 Å². The number of carbonyl (C=O) groups is 2. The minimum atomic E-state index is -0.717. The first-order valence-corrected chi connectivity index (χ1v) is 6.81. The molecule has 2 aliphatic heterocycles. The molecule has 2 saturated heterocycles. The van der Waals surface area contributed by atoms with Crippen LogP contribution in [0.15, 0.2) is 0 Å². The van der Waals surface area contributed by atoms with Crippen molar-refractivity contribution in [3.63, 3.8) is 0 Å². The molecule has 0 aromatic carbocycles. The molecule has 1 atom stereocenters. The van der Waals surface area contributed by atoms with Crippen molar-refractivity contribution in [1.29, 1.82) is 0 Å². The second-order valence-corrected chi connectivity index (χ2v) is 5.49. The Morgan fingerprint density at radius 1 is 1.22 bits per heavy atom. The van der Waals surface area contributed by atoms with E-state index in [1.165, 1.54) is 0 Å². The van der Waals surface area contributed by atoms with Gasteiger partial charge >= 0.3 is 5.97 Å². The quantitative estimate of drug-likeness (QED) is 0.806. The van der Waals surface area contributed by atoms with Gasteiger partial charge < -0.3 is 10.0 Å². The average Bonchev–Trinajstić information content (AvgIpc) is 2.26. The lowest BCUT2D eigenvalue weighted by molar-refractivity contribution is -0.154. The summed E-state index contributed by atoms with van der Waals surface area (Å²) in [6.45, 7) is 5.39. The van der Waals surface area contributed by atoms with Crippen LogP contribution in [0, 0.1) is 5.41 Å². The van der Waals surface area contributed by atoms with E-state index < -0.39 is 11.4 Å². The summed E-state index contributed by atoms with van der Waals surface area (Å²) in [5.41, 5.74) is -0.645. The molecule has 0 radical (unpaired) electrons. The van der Waals surface area contributed by atoms with Crippen LogP contribution in [0.3, 0.4) is 0 Å². The van der Waals surface area contributed by atoms with Gasteiger partial charge in [-0.1, -0.05) is 6.92 Å². The number of nitrogens with zero attached hydrogens (tertiary/aromatic N) is 2. The molecule has 0 aromatic rings. The number of rotatable bonds is 4. The lowest BCUT2D eigenvalue weighted by atomic mass is 9.77. The second kappa shape index (κ2) is 5.26. The molecule has 1 unspecified atom stereocenters. The van der Waals surface area contributed by atoms with Gasteiger partial charge in [-0.15, -0.1) is 0 Å². The third-order valence-corrected chi connectivity index (χ3v) is 4.35. The molecule has 2 heterocycles. The Labute approximate surface area is 108 Å². The standard InChI is InChI=1S/C13H22N2O3/c1-2-13(12(17)18)5-3-6-14(10-13)9-11(16)15-7-4-8-15/h2-10H2,1H3,(H,17,18). The van der Waals surface area contributed by atoms with Crippen molar-refractivity contribution in [2.45, 2.75) is 32.6 Å². The van der Waals surface area contributed by atoms with Gasteiger partial charge in [0, 0.05) is 19.6 Å². The smallest absolute Gasteiger partial charge is 0.310 e. The molecular weight excluding hydrogens is 232 g/mol. The van der Waals surface area contributed by atoms with E-state index in [1.54, 1.807) is 0 Å². The molecule has 1 amide bonds. The summed E-state index contributed by atoms with van der Waals surface area (Å²) < 4.78 is 0. The van der Waals surface area contributed by atoms with Gasteiger partial charge in [-0.05, 0) is 32.2 Å². The minimum Gasteiger partial charge on any atom is -0.481 e. The van der Waals surface area contributed by atoms with E-state index in [0.717, 1.165) is 38.9 Å². The van der Waals surface area contributed by atoms with Crippen LogP contribution < -0.4 is 0 Å². The van der Waals surface area contributed by atoms with Crippen LogP contribution >= 0.6 is 0 Å². The topological polar surface area (TPSA) is 60.9 Å². The zero-order valence-electron chi connectivity index (χ0n) is 11.0. The summed E-state index contributed by atoms with van der Waals surface area (Å²) in [6, 6.07) is 0. The van der Waals surface area contributed by atoms with Crippen molar-refractivity contribution in [2.75, 3.05) is 32.7 Å². The molecule has 2 fully saturated rings. The average molecular weight is 254 g/mol. The highest BCUT2D eigenvalue weighted by Gasteiger charge is 2.41. The third-order valence-electron chi connectivity index (χ3n) is 4.35. The molecule has 1 N–H and O–H groups in total. The maximum Gasteiger partial charge on any atom is 0.310 e. The molecule has 0 bridgehead atoms. The van der Waals surface area contributed by atoms with E-state index in [9.17, 15) is 14.7 Å². The molecule has 0 saturated carbocycles. The SMILES string of the molecule is CCC1(C(=O)O)CCCN(CC(=O)N2CCC2)C1. The predicted molar refractivity (Wildman–Crippen MR) is 67.2 cm³/mol. The van der Waals surface area contributed by atoms with Gasteiger partial charge in [0.1, 0.15) is 0 Å². The third kappa shape index (κ3) is 2.51. The summed E-state index contributed by atoms with van der Waals surface area (Å²) in [5.74, 6) is -0.565. The van der Waals surface area contributed by atoms with Crippen molar-refractivity contribution in [1.82, 2.24) is 9.80 Å². The highest BCUT2D eigenvalue weighted by molar-refractivity contribution is 5.79. The number of hydrogen-bond acceptors (Lipinski definition) is 3. The van der Waals surface area contributed by atoms with Crippen molar-refractivity contribution >= 4 is 11.9 Å². The summed E-state index contributed by atoms with van der Waals surface area (Å²) >= 11 is 0. The van der Waals surface area contributed by atoms with Gasteiger partial charge in [-0.25, -0.2) is 0 Å². The summed E-state index contributed by atoms with van der Waals surface area (Å²) in [5, 5.41) is 9.39. The lowest BCUT2D eigenvalue weighted by Gasteiger charge is -2.40. The van der Waals surface area contributed by atoms with Gasteiger partial charge in [0.2, 0.25) is 5.91 Å². The molecule has 0 aliphatic carbocycles. The number of piperidine rings is 1. The Hall–Kier alpha value is -1.10. The first-order chi connectivity index (χ1) is 8.57.